The molecule has 1 aromatic rings. The van der Waals surface area contributed by atoms with Gasteiger partial charge in [-0.15, -0.1) is 0 Å². The molecule has 0 heterocycles. The van der Waals surface area contributed by atoms with Crippen LogP contribution < -0.4 is 21.6 Å². The van der Waals surface area contributed by atoms with Crippen molar-refractivity contribution >= 4 is 23.6 Å². The van der Waals surface area contributed by atoms with Gasteiger partial charge in [0.25, 0.3) is 17.7 Å². The lowest BCUT2D eigenvalue weighted by Crippen LogP contribution is -2.40. The molecule has 0 saturated heterocycles. The molecule has 4 N–H and O–H groups in total. The standard InChI is InChI=1S/C18H26N4O6/c1-11(2)8-14(18(26)20-4)28-22-17(25)13-7-5-6-12(9-13)16(24)21-27-10-15(23)19-3/h5-7,9,11,14H,8,10H2,1-4H3,(H,19,23)(H,20,26)(H,21,24)(H,22,25)/t14-/m1/s1. The largest absolute Gasteiger partial charge is 0.357 e. The van der Waals surface area contributed by atoms with E-state index in [0.29, 0.717) is 6.42 Å². The quantitative estimate of drug-likeness (QED) is 0.410. The molecule has 0 saturated carbocycles. The van der Waals surface area contributed by atoms with Crippen molar-refractivity contribution in [2.75, 3.05) is 20.7 Å². The van der Waals surface area contributed by atoms with Crippen molar-refractivity contribution in [3.8, 4) is 0 Å². The van der Waals surface area contributed by atoms with E-state index in [-0.39, 0.29) is 29.6 Å². The molecule has 0 aromatic heterocycles. The van der Waals surface area contributed by atoms with E-state index < -0.39 is 23.8 Å². The molecule has 4 amide bonds. The van der Waals surface area contributed by atoms with E-state index in [4.69, 9.17) is 9.68 Å². The molecule has 0 bridgehead atoms. The Hall–Kier alpha value is -2.98. The molecule has 0 aliphatic carbocycles. The van der Waals surface area contributed by atoms with Crippen molar-refractivity contribution in [2.24, 2.45) is 5.92 Å². The number of likely N-dealkylation sites (N-methyl/N-ethyl adjacent to an activating group) is 2. The summed E-state index contributed by atoms with van der Waals surface area (Å²) >= 11 is 0. The second-order valence-corrected chi connectivity index (χ2v) is 6.26. The Kier molecular flexibility index (Phi) is 9.61. The van der Waals surface area contributed by atoms with Crippen LogP contribution in [-0.2, 0) is 19.3 Å². The Morgan fingerprint density at radius 2 is 1.57 bits per heavy atom. The first kappa shape index (κ1) is 23.1. The number of amides is 4. The number of hydroxylamine groups is 2. The van der Waals surface area contributed by atoms with E-state index >= 15 is 0 Å². The Morgan fingerprint density at radius 3 is 2.11 bits per heavy atom. The van der Waals surface area contributed by atoms with Crippen molar-refractivity contribution in [1.82, 2.24) is 21.6 Å². The highest BCUT2D eigenvalue weighted by molar-refractivity contribution is 5.99. The van der Waals surface area contributed by atoms with E-state index in [2.05, 4.69) is 21.6 Å². The molecule has 0 aliphatic rings. The number of benzene rings is 1. The summed E-state index contributed by atoms with van der Waals surface area (Å²) in [7, 11) is 2.92. The SMILES string of the molecule is CNC(=O)CONC(=O)c1cccc(C(=O)NO[C@H](CC(C)C)C(=O)NC)c1. The summed E-state index contributed by atoms with van der Waals surface area (Å²) in [6.45, 7) is 3.51. The highest BCUT2D eigenvalue weighted by atomic mass is 16.7. The molecule has 0 spiro atoms. The summed E-state index contributed by atoms with van der Waals surface area (Å²) in [6.07, 6.45) is -0.413. The molecule has 1 rings (SSSR count). The maximum absolute atomic E-state index is 12.3. The normalized spacial score (nSPS) is 11.5. The molecule has 1 aromatic carbocycles. The third kappa shape index (κ3) is 7.72. The zero-order chi connectivity index (χ0) is 21.1. The van der Waals surface area contributed by atoms with Crippen LogP contribution in [0.4, 0.5) is 0 Å². The summed E-state index contributed by atoms with van der Waals surface area (Å²) < 4.78 is 0. The van der Waals surface area contributed by atoms with Crippen LogP contribution in [0.5, 0.6) is 0 Å². The second kappa shape index (κ2) is 11.7. The predicted molar refractivity (Wildman–Crippen MR) is 99.8 cm³/mol. The summed E-state index contributed by atoms with van der Waals surface area (Å²) in [5.74, 6) is -1.81. The molecule has 28 heavy (non-hydrogen) atoms. The van der Waals surface area contributed by atoms with Gasteiger partial charge in [-0.3, -0.25) is 28.9 Å². The lowest BCUT2D eigenvalue weighted by Gasteiger charge is -2.18. The fourth-order valence-electron chi connectivity index (χ4n) is 2.08. The van der Waals surface area contributed by atoms with Gasteiger partial charge in [0, 0.05) is 25.2 Å². The second-order valence-electron chi connectivity index (χ2n) is 6.26. The van der Waals surface area contributed by atoms with Crippen molar-refractivity contribution in [3.05, 3.63) is 35.4 Å². The lowest BCUT2D eigenvalue weighted by molar-refractivity contribution is -0.137. The van der Waals surface area contributed by atoms with Gasteiger partial charge < -0.3 is 10.6 Å². The molecular formula is C18H26N4O6. The van der Waals surface area contributed by atoms with Crippen molar-refractivity contribution in [2.45, 2.75) is 26.4 Å². The predicted octanol–water partition coefficient (Wildman–Crippen LogP) is -0.0839. The minimum Gasteiger partial charge on any atom is -0.357 e. The first-order chi connectivity index (χ1) is 13.3. The van der Waals surface area contributed by atoms with Gasteiger partial charge in [0.1, 0.15) is 0 Å². The van der Waals surface area contributed by atoms with Crippen LogP contribution in [0.1, 0.15) is 41.0 Å². The minimum absolute atomic E-state index is 0.148. The molecular weight excluding hydrogens is 368 g/mol. The number of nitrogens with one attached hydrogen (secondary N) is 4. The van der Waals surface area contributed by atoms with Gasteiger partial charge in [0.15, 0.2) is 12.7 Å². The Balaban J connectivity index is 2.68. The average molecular weight is 394 g/mol. The Bertz CT molecular complexity index is 707. The summed E-state index contributed by atoms with van der Waals surface area (Å²) in [5, 5.41) is 4.82. The fourth-order valence-corrected chi connectivity index (χ4v) is 2.08. The van der Waals surface area contributed by atoms with Gasteiger partial charge >= 0.3 is 0 Å². The molecule has 0 aliphatic heterocycles. The van der Waals surface area contributed by atoms with Gasteiger partial charge in [-0.25, -0.2) is 11.0 Å². The highest BCUT2D eigenvalue weighted by Gasteiger charge is 2.21. The Labute approximate surface area is 163 Å². The van der Waals surface area contributed by atoms with Gasteiger partial charge in [-0.1, -0.05) is 19.9 Å². The van der Waals surface area contributed by atoms with E-state index in [1.54, 1.807) is 0 Å². The number of hydrogen-bond acceptors (Lipinski definition) is 6. The number of carbonyl (C=O) groups excluding carboxylic acids is 4. The van der Waals surface area contributed by atoms with Crippen molar-refractivity contribution < 1.29 is 28.9 Å². The molecule has 154 valence electrons. The number of hydrogen-bond donors (Lipinski definition) is 4. The van der Waals surface area contributed by atoms with Crippen LogP contribution in [0.3, 0.4) is 0 Å². The topological polar surface area (TPSA) is 135 Å². The molecule has 0 unspecified atom stereocenters. The van der Waals surface area contributed by atoms with E-state index in [1.165, 1.54) is 38.4 Å². The van der Waals surface area contributed by atoms with Crippen LogP contribution in [0.2, 0.25) is 0 Å². The maximum Gasteiger partial charge on any atom is 0.274 e. The summed E-state index contributed by atoms with van der Waals surface area (Å²) in [5.41, 5.74) is 4.64. The van der Waals surface area contributed by atoms with Gasteiger partial charge in [0.2, 0.25) is 5.91 Å². The lowest BCUT2D eigenvalue weighted by atomic mass is 10.1. The summed E-state index contributed by atoms with van der Waals surface area (Å²) in [6, 6.07) is 5.79. The molecule has 1 atom stereocenters. The van der Waals surface area contributed by atoms with Gasteiger partial charge in [-0.05, 0) is 30.5 Å². The van der Waals surface area contributed by atoms with E-state index in [1.807, 2.05) is 13.8 Å². The number of rotatable bonds is 10. The van der Waals surface area contributed by atoms with Gasteiger partial charge in [0.05, 0.1) is 0 Å². The van der Waals surface area contributed by atoms with Crippen LogP contribution in [0, 0.1) is 5.92 Å². The number of carbonyl (C=O) groups is 4. The maximum atomic E-state index is 12.3. The van der Waals surface area contributed by atoms with Crippen LogP contribution in [0.25, 0.3) is 0 Å². The van der Waals surface area contributed by atoms with E-state index in [0.717, 1.165) is 0 Å². The molecule has 10 nitrogen and oxygen atoms in total. The van der Waals surface area contributed by atoms with E-state index in [9.17, 15) is 19.2 Å². The highest BCUT2D eigenvalue weighted by Crippen LogP contribution is 2.09. The Morgan fingerprint density at radius 1 is 0.964 bits per heavy atom. The fraction of sp³-hybridized carbons (Fsp3) is 0.444. The smallest absolute Gasteiger partial charge is 0.274 e. The third-order valence-corrected chi connectivity index (χ3v) is 3.55. The zero-order valence-electron chi connectivity index (χ0n) is 16.3. The molecule has 0 radical (unpaired) electrons. The van der Waals surface area contributed by atoms with Crippen LogP contribution in [0.15, 0.2) is 24.3 Å². The average Bonchev–Trinajstić information content (AvgIpc) is 2.69. The monoisotopic (exact) mass is 394 g/mol. The zero-order valence-corrected chi connectivity index (χ0v) is 16.3. The van der Waals surface area contributed by atoms with Crippen molar-refractivity contribution in [3.63, 3.8) is 0 Å². The van der Waals surface area contributed by atoms with Crippen molar-refractivity contribution in [1.29, 1.82) is 0 Å². The molecule has 10 heteroatoms. The molecule has 0 fully saturated rings. The first-order valence-corrected chi connectivity index (χ1v) is 8.68. The van der Waals surface area contributed by atoms with Crippen LogP contribution >= 0.6 is 0 Å². The van der Waals surface area contributed by atoms with Crippen LogP contribution in [-0.4, -0.2) is 50.4 Å². The van der Waals surface area contributed by atoms with Gasteiger partial charge in [-0.2, -0.15) is 0 Å². The minimum atomic E-state index is -0.835. The first-order valence-electron chi connectivity index (χ1n) is 8.68. The third-order valence-electron chi connectivity index (χ3n) is 3.55. The summed E-state index contributed by atoms with van der Waals surface area (Å²) in [4.78, 5) is 57.2.